The molecule has 15 heteroatoms. The summed E-state index contributed by atoms with van der Waals surface area (Å²) in [5, 5.41) is 21.9. The van der Waals surface area contributed by atoms with Gasteiger partial charge in [-0.15, -0.1) is 5.10 Å². The molecule has 0 spiro atoms. The fourth-order valence-electron chi connectivity index (χ4n) is 6.49. The van der Waals surface area contributed by atoms with Crippen molar-refractivity contribution in [2.75, 3.05) is 6.54 Å². The van der Waals surface area contributed by atoms with Crippen LogP contribution in [0.1, 0.15) is 87.8 Å². The van der Waals surface area contributed by atoms with Crippen molar-refractivity contribution in [1.82, 2.24) is 30.2 Å². The van der Waals surface area contributed by atoms with Crippen LogP contribution in [0.3, 0.4) is 0 Å². The number of aliphatic imine (C=N–C) groups is 1. The number of nitrogens with zero attached hydrogens (tertiary/aromatic N) is 5. The van der Waals surface area contributed by atoms with Crippen LogP contribution in [0.5, 0.6) is 0 Å². The molecule has 0 radical (unpaired) electrons. The normalized spacial score (nSPS) is 19.7. The molecule has 3 atom stereocenters. The fourth-order valence-corrected chi connectivity index (χ4v) is 6.49. The summed E-state index contributed by atoms with van der Waals surface area (Å²) < 4.78 is 1.47. The molecule has 3 aromatic rings. The molecule has 4 amide bonds. The highest BCUT2D eigenvalue weighted by Gasteiger charge is 2.44. The Morgan fingerprint density at radius 2 is 1.85 bits per heavy atom. The van der Waals surface area contributed by atoms with Crippen LogP contribution < -0.4 is 16.6 Å². The standard InChI is InChI=1S/C33H40N8O7/c1-18(28(43)29(34)44)36-31(46)25-15-22(41-26(16-35-39-41)33(2,3)48)17-40(25)32(47)24(13-19-7-5-4-6-8-19)38-30(45)21-9-11-23-20(14-21)10-12-27(42)37-23/h9-12,14,16,18-19,22,25,48H,4-8,13,15,17H2,1-3H3,(H2,34,44)(H,36,46)(H,37,42)/b38-24+/t18?,22-,25-/m0/s1. The first-order chi connectivity index (χ1) is 22.7. The van der Waals surface area contributed by atoms with Gasteiger partial charge in [0.25, 0.3) is 17.7 Å². The van der Waals surface area contributed by atoms with E-state index in [0.717, 1.165) is 32.1 Å². The molecule has 15 nitrogen and oxygen atoms in total. The van der Waals surface area contributed by atoms with E-state index >= 15 is 0 Å². The van der Waals surface area contributed by atoms with Crippen LogP contribution in [0.15, 0.2) is 46.3 Å². The predicted molar refractivity (Wildman–Crippen MR) is 174 cm³/mol. The van der Waals surface area contributed by atoms with Crippen molar-refractivity contribution < 1.29 is 29.1 Å². The number of primary amides is 1. The Morgan fingerprint density at radius 1 is 1.12 bits per heavy atom. The van der Waals surface area contributed by atoms with Crippen molar-refractivity contribution in [3.05, 3.63) is 58.1 Å². The third kappa shape index (κ3) is 7.56. The summed E-state index contributed by atoms with van der Waals surface area (Å²) >= 11 is 0. The van der Waals surface area contributed by atoms with E-state index in [4.69, 9.17) is 5.73 Å². The van der Waals surface area contributed by atoms with Crippen molar-refractivity contribution >= 4 is 46.0 Å². The molecule has 1 saturated carbocycles. The number of hydrogen-bond acceptors (Lipinski definition) is 9. The second-order valence-electron chi connectivity index (χ2n) is 13.1. The Balaban J connectivity index is 1.51. The van der Waals surface area contributed by atoms with Crippen molar-refractivity contribution in [1.29, 1.82) is 0 Å². The van der Waals surface area contributed by atoms with Gasteiger partial charge in [-0.1, -0.05) is 37.3 Å². The Morgan fingerprint density at radius 3 is 2.54 bits per heavy atom. The number of likely N-dealkylation sites (tertiary alicyclic amines) is 1. The predicted octanol–water partition coefficient (Wildman–Crippen LogP) is 1.30. The lowest BCUT2D eigenvalue weighted by molar-refractivity contribution is -0.139. The minimum absolute atomic E-state index is 0.00511. The molecule has 3 heterocycles. The zero-order chi connectivity index (χ0) is 34.7. The lowest BCUT2D eigenvalue weighted by Crippen LogP contribution is -2.52. The molecule has 5 N–H and O–H groups in total. The SMILES string of the molecule is CC(NC(=O)[C@@H]1C[C@H](n2nncc2C(C)(C)O)CN1C(=O)/C(CC1CCCCC1)=N/C(=O)c1ccc2[nH]c(=O)ccc2c1)C(=O)C(N)=O. The summed E-state index contributed by atoms with van der Waals surface area (Å²) in [5.74, 6) is -4.09. The fraction of sp³-hybridized carbons (Fsp3) is 0.485. The van der Waals surface area contributed by atoms with Crippen LogP contribution in [-0.2, 0) is 24.8 Å². The van der Waals surface area contributed by atoms with Crippen LogP contribution in [0, 0.1) is 5.92 Å². The molecule has 1 unspecified atom stereocenters. The molecular formula is C33H40N8O7. The summed E-state index contributed by atoms with van der Waals surface area (Å²) in [7, 11) is 0. The summed E-state index contributed by atoms with van der Waals surface area (Å²) in [5.41, 5.74) is 4.63. The average Bonchev–Trinajstić information content (AvgIpc) is 3.72. The highest BCUT2D eigenvalue weighted by Crippen LogP contribution is 2.33. The number of pyridine rings is 1. The molecular weight excluding hydrogens is 620 g/mol. The summed E-state index contributed by atoms with van der Waals surface area (Å²) in [6, 6.07) is 4.65. The topological polar surface area (TPSA) is 223 Å². The lowest BCUT2D eigenvalue weighted by Gasteiger charge is -2.27. The van der Waals surface area contributed by atoms with Gasteiger partial charge in [0.1, 0.15) is 17.4 Å². The van der Waals surface area contributed by atoms with Gasteiger partial charge in [-0.05, 0) is 62.8 Å². The van der Waals surface area contributed by atoms with Crippen molar-refractivity contribution in [2.45, 2.75) is 89.4 Å². The maximum absolute atomic E-state index is 14.5. The number of H-pyrrole nitrogens is 1. The number of aliphatic hydroxyl groups is 1. The quantitative estimate of drug-likeness (QED) is 0.181. The first-order valence-corrected chi connectivity index (χ1v) is 16.1. The largest absolute Gasteiger partial charge is 0.384 e. The highest BCUT2D eigenvalue weighted by molar-refractivity contribution is 6.41. The third-order valence-electron chi connectivity index (χ3n) is 9.05. The van der Waals surface area contributed by atoms with Crippen molar-refractivity contribution in [3.8, 4) is 0 Å². The summed E-state index contributed by atoms with van der Waals surface area (Å²) in [6.45, 7) is 4.41. The van der Waals surface area contributed by atoms with Gasteiger partial charge in [-0.2, -0.15) is 0 Å². The van der Waals surface area contributed by atoms with Gasteiger partial charge in [-0.25, -0.2) is 9.67 Å². The minimum atomic E-state index is -1.34. The summed E-state index contributed by atoms with van der Waals surface area (Å²) in [4.78, 5) is 85.5. The van der Waals surface area contributed by atoms with Gasteiger partial charge in [0.05, 0.1) is 24.0 Å². The van der Waals surface area contributed by atoms with Gasteiger partial charge >= 0.3 is 0 Å². The van der Waals surface area contributed by atoms with E-state index in [2.05, 4.69) is 25.6 Å². The number of carbonyl (C=O) groups excluding carboxylic acids is 5. The zero-order valence-electron chi connectivity index (χ0n) is 27.1. The number of hydrogen-bond donors (Lipinski definition) is 4. The molecule has 2 aromatic heterocycles. The van der Waals surface area contributed by atoms with E-state index in [9.17, 15) is 33.9 Å². The number of aromatic amines is 1. The maximum atomic E-state index is 14.5. The number of rotatable bonds is 10. The molecule has 0 bridgehead atoms. The third-order valence-corrected chi connectivity index (χ3v) is 9.05. The van der Waals surface area contributed by atoms with E-state index in [-0.39, 0.29) is 42.1 Å². The Hall–Kier alpha value is -5.05. The molecule has 2 fully saturated rings. The van der Waals surface area contributed by atoms with Gasteiger partial charge < -0.3 is 26.0 Å². The summed E-state index contributed by atoms with van der Waals surface area (Å²) in [6.07, 6.45) is 6.42. The van der Waals surface area contributed by atoms with E-state index in [1.54, 1.807) is 32.0 Å². The van der Waals surface area contributed by atoms with Gasteiger partial charge in [0.15, 0.2) is 0 Å². The Labute approximate surface area is 276 Å². The Bertz CT molecular complexity index is 1830. The smallest absolute Gasteiger partial charge is 0.287 e. The van der Waals surface area contributed by atoms with Crippen LogP contribution >= 0.6 is 0 Å². The first kappa shape index (κ1) is 34.3. The first-order valence-electron chi connectivity index (χ1n) is 16.1. The number of nitrogens with two attached hydrogens (primary N) is 1. The van der Waals surface area contributed by atoms with Gasteiger partial charge in [0, 0.05) is 30.1 Å². The van der Waals surface area contributed by atoms with Crippen molar-refractivity contribution in [3.63, 3.8) is 0 Å². The lowest BCUT2D eigenvalue weighted by atomic mass is 9.85. The number of benzene rings is 1. The van der Waals surface area contributed by atoms with Crippen LogP contribution in [0.25, 0.3) is 10.9 Å². The minimum Gasteiger partial charge on any atom is -0.384 e. The molecule has 5 rings (SSSR count). The van der Waals surface area contributed by atoms with E-state index in [1.807, 2.05) is 0 Å². The highest BCUT2D eigenvalue weighted by atomic mass is 16.3. The number of Topliss-reactive ketones (excluding diaryl/α,β-unsaturated/α-hetero) is 1. The number of aromatic nitrogens is 4. The molecule has 2 aliphatic rings. The van der Waals surface area contributed by atoms with E-state index < -0.39 is 53.1 Å². The van der Waals surface area contributed by atoms with Gasteiger partial charge in [0.2, 0.25) is 17.2 Å². The monoisotopic (exact) mass is 660 g/mol. The molecule has 254 valence electrons. The number of carbonyl (C=O) groups is 5. The average molecular weight is 661 g/mol. The van der Waals surface area contributed by atoms with Crippen molar-refractivity contribution in [2.24, 2.45) is 16.6 Å². The number of amides is 4. The van der Waals surface area contributed by atoms with Gasteiger partial charge in [-0.3, -0.25) is 28.8 Å². The Kier molecular flexibility index (Phi) is 9.98. The number of nitrogens with one attached hydrogen (secondary N) is 2. The van der Waals surface area contributed by atoms with Crippen LogP contribution in [0.2, 0.25) is 0 Å². The maximum Gasteiger partial charge on any atom is 0.287 e. The molecule has 1 aromatic carbocycles. The van der Waals surface area contributed by atoms with E-state index in [0.29, 0.717) is 16.6 Å². The zero-order valence-corrected chi connectivity index (χ0v) is 27.1. The van der Waals surface area contributed by atoms with Crippen LogP contribution in [-0.4, -0.2) is 83.7 Å². The molecule has 48 heavy (non-hydrogen) atoms. The van der Waals surface area contributed by atoms with E-state index in [1.165, 1.54) is 34.8 Å². The van der Waals surface area contributed by atoms with Crippen LogP contribution in [0.4, 0.5) is 0 Å². The number of ketones is 1. The molecule has 1 aliphatic heterocycles. The second-order valence-corrected chi connectivity index (χ2v) is 13.1. The number of fused-ring (bicyclic) bond motifs is 1. The second kappa shape index (κ2) is 14.0. The molecule has 1 aliphatic carbocycles. The molecule has 1 saturated heterocycles.